The fourth-order valence-electron chi connectivity index (χ4n) is 0.904. The van der Waals surface area contributed by atoms with E-state index in [2.05, 4.69) is 4.72 Å². The molecule has 0 unspecified atom stereocenters. The summed E-state index contributed by atoms with van der Waals surface area (Å²) in [5.74, 6) is 0. The first-order chi connectivity index (χ1) is 6.42. The zero-order chi connectivity index (χ0) is 10.8. The molecule has 4 heteroatoms. The lowest BCUT2D eigenvalue weighted by molar-refractivity contribution is 0.593. The molecule has 0 saturated carbocycles. The Kier molecular flexibility index (Phi) is 3.16. The second kappa shape index (κ2) is 4.00. The van der Waals surface area contributed by atoms with Crippen LogP contribution in [0.2, 0.25) is 0 Å². The zero-order valence-electron chi connectivity index (χ0n) is 8.61. The maximum atomic E-state index is 11.5. The van der Waals surface area contributed by atoms with E-state index in [1.807, 2.05) is 19.1 Å². The molecular formula is C10H17NO2S. The third-order valence-corrected chi connectivity index (χ3v) is 3.69. The van der Waals surface area contributed by atoms with Gasteiger partial charge in [0.1, 0.15) is 0 Å². The van der Waals surface area contributed by atoms with E-state index in [9.17, 15) is 8.42 Å². The summed E-state index contributed by atoms with van der Waals surface area (Å²) in [4.78, 5) is 0. The standard InChI is InChI=1S/C10H15NO2S.H2/c1-8(2)14(12,13)11-10-6-4-9(3)5-7-10;/h4-8,11H,1-3H3;1H. The van der Waals surface area contributed by atoms with Crippen LogP contribution in [0.5, 0.6) is 0 Å². The van der Waals surface area contributed by atoms with Crippen molar-refractivity contribution in [2.75, 3.05) is 4.72 Å². The Morgan fingerprint density at radius 1 is 1.21 bits per heavy atom. The molecule has 0 aromatic heterocycles. The largest absolute Gasteiger partial charge is 0.283 e. The molecule has 0 saturated heterocycles. The smallest absolute Gasteiger partial charge is 0.235 e. The van der Waals surface area contributed by atoms with Crippen molar-refractivity contribution in [3.05, 3.63) is 29.8 Å². The highest BCUT2D eigenvalue weighted by Gasteiger charge is 2.14. The number of rotatable bonds is 3. The minimum Gasteiger partial charge on any atom is -0.283 e. The van der Waals surface area contributed by atoms with Crippen LogP contribution in [0.3, 0.4) is 0 Å². The van der Waals surface area contributed by atoms with Gasteiger partial charge in [0.15, 0.2) is 0 Å². The molecule has 0 amide bonds. The van der Waals surface area contributed by atoms with Gasteiger partial charge < -0.3 is 0 Å². The Labute approximate surface area is 86.7 Å². The van der Waals surface area contributed by atoms with Crippen LogP contribution in [0.1, 0.15) is 20.8 Å². The van der Waals surface area contributed by atoms with Gasteiger partial charge in [-0.15, -0.1) is 0 Å². The molecule has 0 aliphatic rings. The maximum Gasteiger partial charge on any atom is 0.235 e. The van der Waals surface area contributed by atoms with Crippen molar-refractivity contribution < 1.29 is 9.84 Å². The van der Waals surface area contributed by atoms with Gasteiger partial charge in [-0.1, -0.05) is 17.7 Å². The lowest BCUT2D eigenvalue weighted by Crippen LogP contribution is -2.22. The van der Waals surface area contributed by atoms with Gasteiger partial charge in [-0.2, -0.15) is 0 Å². The van der Waals surface area contributed by atoms with Crippen molar-refractivity contribution in [2.24, 2.45) is 0 Å². The Bertz CT molecular complexity index is 398. The van der Waals surface area contributed by atoms with Crippen molar-refractivity contribution in [1.82, 2.24) is 0 Å². The van der Waals surface area contributed by atoms with Crippen LogP contribution in [0.15, 0.2) is 24.3 Å². The highest BCUT2D eigenvalue weighted by Crippen LogP contribution is 2.12. The first kappa shape index (κ1) is 11.0. The van der Waals surface area contributed by atoms with Gasteiger partial charge >= 0.3 is 0 Å². The summed E-state index contributed by atoms with van der Waals surface area (Å²) in [6, 6.07) is 7.26. The molecule has 14 heavy (non-hydrogen) atoms. The van der Waals surface area contributed by atoms with E-state index in [0.29, 0.717) is 5.69 Å². The van der Waals surface area contributed by atoms with E-state index < -0.39 is 15.3 Å². The lowest BCUT2D eigenvalue weighted by atomic mass is 10.2. The van der Waals surface area contributed by atoms with E-state index in [0.717, 1.165) is 5.56 Å². The molecule has 0 radical (unpaired) electrons. The monoisotopic (exact) mass is 215 g/mol. The van der Waals surface area contributed by atoms with Crippen LogP contribution < -0.4 is 4.72 Å². The second-order valence-electron chi connectivity index (χ2n) is 3.56. The average molecular weight is 215 g/mol. The Morgan fingerprint density at radius 3 is 2.14 bits per heavy atom. The fourth-order valence-corrected chi connectivity index (χ4v) is 1.60. The highest BCUT2D eigenvalue weighted by molar-refractivity contribution is 7.93. The van der Waals surface area contributed by atoms with Crippen molar-refractivity contribution in [2.45, 2.75) is 26.0 Å². The van der Waals surface area contributed by atoms with Crippen LogP contribution in [0, 0.1) is 6.92 Å². The van der Waals surface area contributed by atoms with Crippen molar-refractivity contribution in [3.8, 4) is 0 Å². The Morgan fingerprint density at radius 2 is 1.71 bits per heavy atom. The number of hydrogen-bond donors (Lipinski definition) is 1. The van der Waals surface area contributed by atoms with E-state index in [1.165, 1.54) is 0 Å². The minimum absolute atomic E-state index is 0. The summed E-state index contributed by atoms with van der Waals surface area (Å²) in [5, 5.41) is -0.413. The molecule has 0 heterocycles. The van der Waals surface area contributed by atoms with Gasteiger partial charge in [-0.3, -0.25) is 4.72 Å². The number of hydrogen-bond acceptors (Lipinski definition) is 2. The van der Waals surface area contributed by atoms with E-state index >= 15 is 0 Å². The van der Waals surface area contributed by atoms with Gasteiger partial charge in [0, 0.05) is 7.11 Å². The van der Waals surface area contributed by atoms with Crippen molar-refractivity contribution in [3.63, 3.8) is 0 Å². The van der Waals surface area contributed by atoms with E-state index in [1.54, 1.807) is 26.0 Å². The number of benzene rings is 1. The lowest BCUT2D eigenvalue weighted by Gasteiger charge is -2.10. The molecule has 1 rings (SSSR count). The van der Waals surface area contributed by atoms with Gasteiger partial charge in [0.05, 0.1) is 5.25 Å². The number of aryl methyl sites for hydroxylation is 1. The molecule has 80 valence electrons. The zero-order valence-corrected chi connectivity index (χ0v) is 9.43. The second-order valence-corrected chi connectivity index (χ2v) is 5.80. The first-order valence-corrected chi connectivity index (χ1v) is 6.05. The van der Waals surface area contributed by atoms with Crippen molar-refractivity contribution >= 4 is 15.7 Å². The van der Waals surface area contributed by atoms with Gasteiger partial charge in [-0.05, 0) is 32.9 Å². The molecule has 1 aromatic rings. The number of nitrogens with one attached hydrogen (secondary N) is 1. The van der Waals surface area contributed by atoms with Crippen LogP contribution in [-0.2, 0) is 10.0 Å². The Hall–Kier alpha value is -1.03. The molecule has 1 aromatic carbocycles. The average Bonchev–Trinajstić information content (AvgIpc) is 2.08. The molecule has 0 fully saturated rings. The maximum absolute atomic E-state index is 11.5. The first-order valence-electron chi connectivity index (χ1n) is 4.50. The van der Waals surface area contributed by atoms with Gasteiger partial charge in [0.2, 0.25) is 10.0 Å². The summed E-state index contributed by atoms with van der Waals surface area (Å²) in [5.41, 5.74) is 1.72. The molecule has 1 N–H and O–H groups in total. The molecule has 0 atom stereocenters. The molecule has 3 nitrogen and oxygen atoms in total. The van der Waals surface area contributed by atoms with Crippen LogP contribution in [0.4, 0.5) is 5.69 Å². The van der Waals surface area contributed by atoms with Gasteiger partial charge in [-0.25, -0.2) is 8.42 Å². The topological polar surface area (TPSA) is 46.2 Å². The highest BCUT2D eigenvalue weighted by atomic mass is 32.2. The summed E-state index contributed by atoms with van der Waals surface area (Å²) >= 11 is 0. The number of sulfonamides is 1. The van der Waals surface area contributed by atoms with E-state index in [4.69, 9.17) is 0 Å². The van der Waals surface area contributed by atoms with Crippen molar-refractivity contribution in [1.29, 1.82) is 0 Å². The van der Waals surface area contributed by atoms with Crippen LogP contribution in [0.25, 0.3) is 0 Å². The summed E-state index contributed by atoms with van der Waals surface area (Å²) in [7, 11) is -3.21. The van der Waals surface area contributed by atoms with Gasteiger partial charge in [0.25, 0.3) is 0 Å². The predicted octanol–water partition coefficient (Wildman–Crippen LogP) is 2.39. The molecule has 0 bridgehead atoms. The fraction of sp³-hybridized carbons (Fsp3) is 0.400. The quantitative estimate of drug-likeness (QED) is 0.841. The molecular weight excluding hydrogens is 198 g/mol. The normalized spacial score (nSPS) is 11.7. The Balaban J connectivity index is 0.00000196. The van der Waals surface area contributed by atoms with Crippen LogP contribution in [-0.4, -0.2) is 13.7 Å². The summed E-state index contributed by atoms with van der Waals surface area (Å²) in [6.45, 7) is 5.26. The molecule has 0 aliphatic heterocycles. The third-order valence-electron chi connectivity index (χ3n) is 1.93. The summed E-state index contributed by atoms with van der Waals surface area (Å²) < 4.78 is 25.5. The van der Waals surface area contributed by atoms with E-state index in [-0.39, 0.29) is 1.43 Å². The SMILES string of the molecule is Cc1ccc(NS(=O)(=O)C(C)C)cc1.[HH]. The number of anilines is 1. The summed E-state index contributed by atoms with van der Waals surface area (Å²) in [6.07, 6.45) is 0. The third kappa shape index (κ3) is 2.73. The molecule has 0 aliphatic carbocycles. The molecule has 0 spiro atoms. The predicted molar refractivity (Wildman–Crippen MR) is 61.0 cm³/mol. The van der Waals surface area contributed by atoms with Crippen LogP contribution >= 0.6 is 0 Å². The minimum atomic E-state index is -3.21.